The number of Topliss-reactive ketones (excluding diaryl/α,β-unsaturated/α-hetero) is 1. The number of unbranched alkanes of at least 4 members (excludes halogenated alkanes) is 1. The van der Waals surface area contributed by atoms with Gasteiger partial charge in [0.2, 0.25) is 5.91 Å². The summed E-state index contributed by atoms with van der Waals surface area (Å²) >= 11 is 0. The second-order valence-electron chi connectivity index (χ2n) is 19.5. The van der Waals surface area contributed by atoms with Crippen LogP contribution in [0, 0.1) is 56.7 Å². The van der Waals surface area contributed by atoms with Gasteiger partial charge >= 0.3 is 12.1 Å². The molecule has 8 heteroatoms. The fourth-order valence-electron chi connectivity index (χ4n) is 13.0. The summed E-state index contributed by atoms with van der Waals surface area (Å²) in [6.45, 7) is 24.7. The number of hydrogen-bond donors (Lipinski definition) is 2. The first kappa shape index (κ1) is 38.8. The number of carbonyl (C=O) groups excluding carboxylic acids is 4. The van der Waals surface area contributed by atoms with Crippen LogP contribution in [0.4, 0.5) is 4.79 Å². The van der Waals surface area contributed by atoms with E-state index in [1.54, 1.807) is 20.8 Å². The average Bonchev–Trinajstić information content (AvgIpc) is 3.43. The molecule has 5 saturated carbocycles. The molecule has 0 aromatic heterocycles. The van der Waals surface area contributed by atoms with Gasteiger partial charge in [-0.05, 0) is 151 Å². The van der Waals surface area contributed by atoms with Gasteiger partial charge in [-0.25, -0.2) is 9.59 Å². The lowest BCUT2D eigenvalue weighted by Gasteiger charge is -2.72. The van der Waals surface area contributed by atoms with Gasteiger partial charge in [0.1, 0.15) is 17.4 Å². The molecule has 2 N–H and O–H groups in total. The Kier molecular flexibility index (Phi) is 10.5. The highest BCUT2D eigenvalue weighted by atomic mass is 16.6. The molecule has 10 atom stereocenters. The number of ether oxygens (including phenoxy) is 2. The van der Waals surface area contributed by atoms with Crippen LogP contribution in [-0.4, -0.2) is 49.1 Å². The second kappa shape index (κ2) is 13.5. The third-order valence-electron chi connectivity index (χ3n) is 15.6. The molecule has 0 aromatic rings. The number of carbonyl (C=O) groups is 4. The summed E-state index contributed by atoms with van der Waals surface area (Å²) in [5.41, 5.74) is 0.383. The van der Waals surface area contributed by atoms with Gasteiger partial charge in [0.25, 0.3) is 0 Å². The molecular weight excluding hydrogens is 628 g/mol. The van der Waals surface area contributed by atoms with Crippen LogP contribution in [0.1, 0.15) is 146 Å². The van der Waals surface area contributed by atoms with Crippen molar-refractivity contribution in [1.82, 2.24) is 10.6 Å². The van der Waals surface area contributed by atoms with E-state index in [0.29, 0.717) is 61.7 Å². The lowest BCUT2D eigenvalue weighted by atomic mass is 9.32. The molecule has 50 heavy (non-hydrogen) atoms. The Hall–Kier alpha value is -2.38. The third kappa shape index (κ3) is 6.35. The van der Waals surface area contributed by atoms with E-state index < -0.39 is 23.7 Å². The molecule has 8 nitrogen and oxygen atoms in total. The molecule has 282 valence electrons. The molecule has 3 unspecified atom stereocenters. The van der Waals surface area contributed by atoms with Gasteiger partial charge in [0, 0.05) is 18.4 Å². The van der Waals surface area contributed by atoms with E-state index in [9.17, 15) is 19.2 Å². The summed E-state index contributed by atoms with van der Waals surface area (Å²) < 4.78 is 10.3. The number of rotatable bonds is 9. The smallest absolute Gasteiger partial charge is 0.408 e. The molecule has 5 aliphatic rings. The van der Waals surface area contributed by atoms with E-state index in [1.165, 1.54) is 25.5 Å². The van der Waals surface area contributed by atoms with Crippen LogP contribution >= 0.6 is 0 Å². The second-order valence-corrected chi connectivity index (χ2v) is 19.5. The van der Waals surface area contributed by atoms with Crippen molar-refractivity contribution in [3.63, 3.8) is 0 Å². The first-order chi connectivity index (χ1) is 23.2. The summed E-state index contributed by atoms with van der Waals surface area (Å²) in [6, 6.07) is -0.801. The van der Waals surface area contributed by atoms with Crippen LogP contribution in [0.2, 0.25) is 0 Å². The Bertz CT molecular complexity index is 1370. The molecule has 5 fully saturated rings. The van der Waals surface area contributed by atoms with Crippen molar-refractivity contribution in [2.45, 2.75) is 157 Å². The molecule has 0 saturated heterocycles. The predicted molar refractivity (Wildman–Crippen MR) is 196 cm³/mol. The number of allylic oxidation sites excluding steroid dienone is 1. The quantitative estimate of drug-likeness (QED) is 0.142. The van der Waals surface area contributed by atoms with Crippen LogP contribution in [0.5, 0.6) is 0 Å². The summed E-state index contributed by atoms with van der Waals surface area (Å²) in [6.07, 6.45) is 11.3. The molecule has 5 aliphatic carbocycles. The predicted octanol–water partition coefficient (Wildman–Crippen LogP) is 8.57. The number of fused-ring (bicyclic) bond motifs is 7. The highest BCUT2D eigenvalue weighted by molar-refractivity contribution is 5.86. The van der Waals surface area contributed by atoms with Crippen molar-refractivity contribution in [2.24, 2.45) is 56.7 Å². The highest BCUT2D eigenvalue weighted by Crippen LogP contribution is 2.77. The SMILES string of the molecule is C=C(C)[C@@H]1CCC2(C(=O)NCCCCC(NC(=O)OC(C)(C)C)C(=O)OC)CC[C@]3(C)[C@H](CCC4[C@@]5(C)CCC(=O)C(C)(C)[C@@H]5CC[C@]43C)[C@@H]12. The van der Waals surface area contributed by atoms with E-state index in [1.807, 2.05) is 0 Å². The van der Waals surface area contributed by atoms with Crippen LogP contribution < -0.4 is 10.6 Å². The zero-order valence-electron chi connectivity index (χ0n) is 33.0. The topological polar surface area (TPSA) is 111 Å². The number of amides is 2. The van der Waals surface area contributed by atoms with Gasteiger partial charge in [0.15, 0.2) is 0 Å². The van der Waals surface area contributed by atoms with Gasteiger partial charge in [-0.3, -0.25) is 9.59 Å². The van der Waals surface area contributed by atoms with Crippen LogP contribution in [-0.2, 0) is 23.9 Å². The van der Waals surface area contributed by atoms with Crippen molar-refractivity contribution in [3.8, 4) is 0 Å². The minimum atomic E-state index is -0.801. The first-order valence-electron chi connectivity index (χ1n) is 19.7. The number of nitrogens with one attached hydrogen (secondary N) is 2. The minimum absolute atomic E-state index is 0.131. The van der Waals surface area contributed by atoms with Crippen molar-refractivity contribution in [3.05, 3.63) is 12.2 Å². The Morgan fingerprint density at radius 2 is 1.60 bits per heavy atom. The van der Waals surface area contributed by atoms with E-state index in [0.717, 1.165) is 44.9 Å². The maximum absolute atomic E-state index is 14.5. The molecule has 0 spiro atoms. The number of esters is 1. The summed E-state index contributed by atoms with van der Waals surface area (Å²) in [5.74, 6) is 2.27. The van der Waals surface area contributed by atoms with Gasteiger partial charge in [-0.2, -0.15) is 0 Å². The van der Waals surface area contributed by atoms with Crippen LogP contribution in [0.3, 0.4) is 0 Å². The van der Waals surface area contributed by atoms with E-state index in [-0.39, 0.29) is 38.9 Å². The molecule has 2 amide bonds. The van der Waals surface area contributed by atoms with Gasteiger partial charge < -0.3 is 20.1 Å². The Morgan fingerprint density at radius 3 is 2.24 bits per heavy atom. The largest absolute Gasteiger partial charge is 0.467 e. The Balaban J connectivity index is 1.29. The number of methoxy groups -OCH3 is 1. The summed E-state index contributed by atoms with van der Waals surface area (Å²) in [7, 11) is 1.31. The lowest BCUT2D eigenvalue weighted by molar-refractivity contribution is -0.233. The lowest BCUT2D eigenvalue weighted by Crippen LogP contribution is -2.67. The Labute approximate surface area is 302 Å². The van der Waals surface area contributed by atoms with E-state index in [4.69, 9.17) is 9.47 Å². The monoisotopic (exact) mass is 697 g/mol. The van der Waals surface area contributed by atoms with Crippen LogP contribution in [0.15, 0.2) is 12.2 Å². The van der Waals surface area contributed by atoms with E-state index >= 15 is 0 Å². The zero-order valence-corrected chi connectivity index (χ0v) is 33.0. The molecule has 0 aromatic carbocycles. The fourth-order valence-corrected chi connectivity index (χ4v) is 13.0. The van der Waals surface area contributed by atoms with Gasteiger partial charge in [0.05, 0.1) is 12.5 Å². The normalized spacial score (nSPS) is 39.5. The number of alkyl carbamates (subject to hydrolysis) is 1. The van der Waals surface area contributed by atoms with Crippen LogP contribution in [0.25, 0.3) is 0 Å². The van der Waals surface area contributed by atoms with Gasteiger partial charge in [-0.1, -0.05) is 46.8 Å². The third-order valence-corrected chi connectivity index (χ3v) is 15.6. The maximum Gasteiger partial charge on any atom is 0.408 e. The Morgan fingerprint density at radius 1 is 0.900 bits per heavy atom. The number of ketones is 1. The minimum Gasteiger partial charge on any atom is -0.467 e. The summed E-state index contributed by atoms with van der Waals surface area (Å²) in [5, 5.41) is 6.01. The average molecular weight is 697 g/mol. The molecule has 0 heterocycles. The molecule has 0 radical (unpaired) electrons. The molecule has 0 aliphatic heterocycles. The highest BCUT2D eigenvalue weighted by Gasteiger charge is 2.71. The summed E-state index contributed by atoms with van der Waals surface area (Å²) in [4.78, 5) is 52.3. The zero-order chi connectivity index (χ0) is 37.1. The standard InChI is InChI=1S/C42H68N2O6/c1-26(2)27-17-22-42(35(47)43-25-13-12-14-29(34(46)49-11)44-36(48)50-37(3,4)5)24-23-40(9)28(33(27)42)15-16-31-39(8)20-19-32(45)38(6,7)30(39)18-21-41(31,40)10/h27-31,33H,1,12-25H2,2-11H3,(H,43,47)(H,44,48)/t27-,28+,29?,30-,31?,33+,39-,40+,41+,42?/m0/s1. The molecular formula is C42H68N2O6. The van der Waals surface area contributed by atoms with Crippen molar-refractivity contribution in [2.75, 3.05) is 13.7 Å². The van der Waals surface area contributed by atoms with Crippen molar-refractivity contribution < 1.29 is 28.7 Å². The van der Waals surface area contributed by atoms with Crippen molar-refractivity contribution in [1.29, 1.82) is 0 Å². The fraction of sp³-hybridized carbons (Fsp3) is 0.857. The first-order valence-corrected chi connectivity index (χ1v) is 19.7. The number of hydrogen-bond acceptors (Lipinski definition) is 6. The van der Waals surface area contributed by atoms with Crippen molar-refractivity contribution >= 4 is 23.8 Å². The maximum atomic E-state index is 14.5. The van der Waals surface area contributed by atoms with E-state index in [2.05, 4.69) is 58.8 Å². The molecule has 0 bridgehead atoms. The van der Waals surface area contributed by atoms with Gasteiger partial charge in [-0.15, -0.1) is 0 Å². The molecule has 5 rings (SSSR count).